The molecule has 108 valence electrons. The second-order valence-electron chi connectivity index (χ2n) is 4.26. The summed E-state index contributed by atoms with van der Waals surface area (Å²) in [6.45, 7) is 8.61. The quantitative estimate of drug-likeness (QED) is 0.529. The maximum absolute atomic E-state index is 11.4. The number of carbonyl (C=O) groups excluding carboxylic acids is 1. The van der Waals surface area contributed by atoms with Gasteiger partial charge < -0.3 is 14.8 Å². The Bertz CT molecular complexity index is 201. The molecule has 5 nitrogen and oxygen atoms in total. The SMILES string of the molecule is CCCCOCCOCCNC(=O)CN(C)CC. The van der Waals surface area contributed by atoms with E-state index in [1.807, 2.05) is 18.9 Å². The lowest BCUT2D eigenvalue weighted by atomic mass is 10.4. The van der Waals surface area contributed by atoms with Crippen molar-refractivity contribution >= 4 is 5.91 Å². The number of likely N-dealkylation sites (N-methyl/N-ethyl adjacent to an activating group) is 1. The molecule has 0 saturated heterocycles. The van der Waals surface area contributed by atoms with Crippen LogP contribution in [0.1, 0.15) is 26.7 Å². The minimum atomic E-state index is 0.0437. The highest BCUT2D eigenvalue weighted by Crippen LogP contribution is 1.87. The fraction of sp³-hybridized carbons (Fsp3) is 0.923. The number of carbonyl (C=O) groups is 1. The fourth-order valence-corrected chi connectivity index (χ4v) is 1.24. The van der Waals surface area contributed by atoms with Crippen LogP contribution in [0.25, 0.3) is 0 Å². The first-order valence-electron chi connectivity index (χ1n) is 6.81. The lowest BCUT2D eigenvalue weighted by Gasteiger charge is -2.13. The molecule has 0 bridgehead atoms. The predicted molar refractivity (Wildman–Crippen MR) is 72.7 cm³/mol. The second kappa shape index (κ2) is 12.8. The van der Waals surface area contributed by atoms with Crippen LogP contribution < -0.4 is 5.32 Å². The van der Waals surface area contributed by atoms with E-state index in [2.05, 4.69) is 12.2 Å². The Morgan fingerprint density at radius 1 is 1.11 bits per heavy atom. The molecule has 0 heterocycles. The highest BCUT2D eigenvalue weighted by Gasteiger charge is 2.03. The topological polar surface area (TPSA) is 50.8 Å². The van der Waals surface area contributed by atoms with Crippen LogP contribution in [0.5, 0.6) is 0 Å². The molecule has 0 aromatic carbocycles. The molecule has 0 unspecified atom stereocenters. The van der Waals surface area contributed by atoms with Crippen LogP contribution in [0.2, 0.25) is 0 Å². The van der Waals surface area contributed by atoms with Gasteiger partial charge in [0.15, 0.2) is 0 Å². The van der Waals surface area contributed by atoms with Crippen LogP contribution in [-0.2, 0) is 14.3 Å². The van der Waals surface area contributed by atoms with Gasteiger partial charge in [-0.05, 0) is 20.0 Å². The number of rotatable bonds is 12. The van der Waals surface area contributed by atoms with Gasteiger partial charge in [0, 0.05) is 13.2 Å². The fourth-order valence-electron chi connectivity index (χ4n) is 1.24. The van der Waals surface area contributed by atoms with E-state index in [-0.39, 0.29) is 5.91 Å². The highest BCUT2D eigenvalue weighted by atomic mass is 16.5. The van der Waals surface area contributed by atoms with Gasteiger partial charge in [0.1, 0.15) is 0 Å². The van der Waals surface area contributed by atoms with Crippen LogP contribution >= 0.6 is 0 Å². The van der Waals surface area contributed by atoms with Crippen molar-refractivity contribution in [3.8, 4) is 0 Å². The maximum Gasteiger partial charge on any atom is 0.234 e. The van der Waals surface area contributed by atoms with E-state index in [1.54, 1.807) is 0 Å². The number of ether oxygens (including phenoxy) is 2. The summed E-state index contributed by atoms with van der Waals surface area (Å²) in [5, 5.41) is 2.81. The Kier molecular flexibility index (Phi) is 12.3. The lowest BCUT2D eigenvalue weighted by Crippen LogP contribution is -2.36. The number of unbranched alkanes of at least 4 members (excludes halogenated alkanes) is 1. The minimum Gasteiger partial charge on any atom is -0.379 e. The molecule has 0 aliphatic heterocycles. The van der Waals surface area contributed by atoms with Crippen molar-refractivity contribution in [1.29, 1.82) is 0 Å². The summed E-state index contributed by atoms with van der Waals surface area (Å²) in [6, 6.07) is 0. The van der Waals surface area contributed by atoms with Gasteiger partial charge in [-0.15, -0.1) is 0 Å². The number of hydrogen-bond acceptors (Lipinski definition) is 4. The molecule has 0 aliphatic carbocycles. The molecule has 1 amide bonds. The average molecular weight is 260 g/mol. The Morgan fingerprint density at radius 3 is 2.39 bits per heavy atom. The molecule has 0 aromatic rings. The van der Waals surface area contributed by atoms with Crippen LogP contribution in [0.4, 0.5) is 0 Å². The Morgan fingerprint density at radius 2 is 1.78 bits per heavy atom. The van der Waals surface area contributed by atoms with Crippen molar-refractivity contribution in [3.63, 3.8) is 0 Å². The van der Waals surface area contributed by atoms with Gasteiger partial charge in [-0.25, -0.2) is 0 Å². The Hall–Kier alpha value is -0.650. The van der Waals surface area contributed by atoms with E-state index in [9.17, 15) is 4.79 Å². The van der Waals surface area contributed by atoms with E-state index in [4.69, 9.17) is 9.47 Å². The standard InChI is InChI=1S/C13H28N2O3/c1-4-6-8-17-10-11-18-9-7-14-13(16)12-15(3)5-2/h4-12H2,1-3H3,(H,14,16). The molecular weight excluding hydrogens is 232 g/mol. The molecule has 0 aliphatic rings. The van der Waals surface area contributed by atoms with Gasteiger partial charge in [-0.2, -0.15) is 0 Å². The largest absolute Gasteiger partial charge is 0.379 e. The second-order valence-corrected chi connectivity index (χ2v) is 4.26. The first-order chi connectivity index (χ1) is 8.70. The van der Waals surface area contributed by atoms with Crippen molar-refractivity contribution in [2.75, 3.05) is 53.1 Å². The summed E-state index contributed by atoms with van der Waals surface area (Å²) in [5.41, 5.74) is 0. The number of nitrogens with one attached hydrogen (secondary N) is 1. The first-order valence-corrected chi connectivity index (χ1v) is 6.81. The minimum absolute atomic E-state index is 0.0437. The molecular formula is C13H28N2O3. The maximum atomic E-state index is 11.4. The third-order valence-electron chi connectivity index (χ3n) is 2.54. The Labute approximate surface area is 111 Å². The zero-order chi connectivity index (χ0) is 13.6. The molecule has 0 aromatic heterocycles. The summed E-state index contributed by atoms with van der Waals surface area (Å²) < 4.78 is 10.7. The van der Waals surface area contributed by atoms with Gasteiger partial charge in [0.2, 0.25) is 5.91 Å². The van der Waals surface area contributed by atoms with Gasteiger partial charge in [0.25, 0.3) is 0 Å². The normalized spacial score (nSPS) is 10.9. The van der Waals surface area contributed by atoms with E-state index in [0.29, 0.717) is 32.9 Å². The third-order valence-corrected chi connectivity index (χ3v) is 2.54. The zero-order valence-corrected chi connectivity index (χ0v) is 12.0. The number of nitrogens with zero attached hydrogens (tertiary/aromatic N) is 1. The molecule has 0 spiro atoms. The molecule has 0 atom stereocenters. The van der Waals surface area contributed by atoms with Gasteiger partial charge in [-0.3, -0.25) is 9.69 Å². The summed E-state index contributed by atoms with van der Waals surface area (Å²) in [5.74, 6) is 0.0437. The summed E-state index contributed by atoms with van der Waals surface area (Å²) >= 11 is 0. The van der Waals surface area contributed by atoms with E-state index >= 15 is 0 Å². The third kappa shape index (κ3) is 11.8. The average Bonchev–Trinajstić information content (AvgIpc) is 2.36. The zero-order valence-electron chi connectivity index (χ0n) is 12.0. The smallest absolute Gasteiger partial charge is 0.234 e. The summed E-state index contributed by atoms with van der Waals surface area (Å²) in [4.78, 5) is 13.3. The van der Waals surface area contributed by atoms with Crippen molar-refractivity contribution in [3.05, 3.63) is 0 Å². The highest BCUT2D eigenvalue weighted by molar-refractivity contribution is 5.77. The van der Waals surface area contributed by atoms with E-state index in [1.165, 1.54) is 0 Å². The van der Waals surface area contributed by atoms with Crippen LogP contribution in [0, 0.1) is 0 Å². The van der Waals surface area contributed by atoms with Crippen LogP contribution in [-0.4, -0.2) is 63.9 Å². The predicted octanol–water partition coefficient (Wildman–Crippen LogP) is 0.888. The van der Waals surface area contributed by atoms with Gasteiger partial charge in [-0.1, -0.05) is 20.3 Å². The number of amides is 1. The Balaban J connectivity index is 3.17. The molecule has 0 radical (unpaired) electrons. The van der Waals surface area contributed by atoms with Crippen molar-refractivity contribution in [2.24, 2.45) is 0 Å². The van der Waals surface area contributed by atoms with Crippen molar-refractivity contribution < 1.29 is 14.3 Å². The van der Waals surface area contributed by atoms with Gasteiger partial charge >= 0.3 is 0 Å². The molecule has 18 heavy (non-hydrogen) atoms. The molecule has 5 heteroatoms. The van der Waals surface area contributed by atoms with E-state index in [0.717, 1.165) is 26.0 Å². The summed E-state index contributed by atoms with van der Waals surface area (Å²) in [7, 11) is 1.92. The van der Waals surface area contributed by atoms with Crippen molar-refractivity contribution in [2.45, 2.75) is 26.7 Å². The first kappa shape index (κ1) is 17.4. The molecule has 0 fully saturated rings. The molecule has 1 N–H and O–H groups in total. The van der Waals surface area contributed by atoms with Gasteiger partial charge in [0.05, 0.1) is 26.4 Å². The van der Waals surface area contributed by atoms with E-state index < -0.39 is 0 Å². The lowest BCUT2D eigenvalue weighted by molar-refractivity contribution is -0.122. The molecule has 0 saturated carbocycles. The van der Waals surface area contributed by atoms with Crippen LogP contribution in [0.3, 0.4) is 0 Å². The number of hydrogen-bond donors (Lipinski definition) is 1. The molecule has 0 rings (SSSR count). The monoisotopic (exact) mass is 260 g/mol. The van der Waals surface area contributed by atoms with Crippen LogP contribution in [0.15, 0.2) is 0 Å². The summed E-state index contributed by atoms with van der Waals surface area (Å²) in [6.07, 6.45) is 2.25. The van der Waals surface area contributed by atoms with Crippen molar-refractivity contribution in [1.82, 2.24) is 10.2 Å².